The molecule has 2 aliphatic rings. The van der Waals surface area contributed by atoms with Gasteiger partial charge < -0.3 is 14.2 Å². The van der Waals surface area contributed by atoms with Crippen molar-refractivity contribution in [2.75, 3.05) is 20.3 Å². The minimum absolute atomic E-state index is 0.154. The molecule has 0 N–H and O–H groups in total. The number of rotatable bonds is 3. The Morgan fingerprint density at radius 1 is 1.57 bits per heavy atom. The van der Waals surface area contributed by atoms with Gasteiger partial charge in [-0.25, -0.2) is 0 Å². The maximum Gasteiger partial charge on any atom is 0.180 e. The molecular formula is C11H16O3. The number of ether oxygens (including phenoxy) is 3. The molecule has 0 aromatic carbocycles. The predicted molar refractivity (Wildman–Crippen MR) is 52.9 cm³/mol. The second-order valence-corrected chi connectivity index (χ2v) is 3.58. The molecule has 0 amide bonds. The Labute approximate surface area is 84.3 Å². The van der Waals surface area contributed by atoms with Gasteiger partial charge in [-0.1, -0.05) is 18.2 Å². The molecule has 1 aliphatic heterocycles. The summed E-state index contributed by atoms with van der Waals surface area (Å²) in [7, 11) is 1.70. The highest BCUT2D eigenvalue weighted by Gasteiger charge is 2.25. The summed E-state index contributed by atoms with van der Waals surface area (Å²) in [6.07, 6.45) is 8.12. The zero-order chi connectivity index (χ0) is 9.80. The van der Waals surface area contributed by atoms with Crippen molar-refractivity contribution in [1.29, 1.82) is 0 Å². The summed E-state index contributed by atoms with van der Waals surface area (Å²) in [6, 6.07) is 0. The standard InChI is InChI=1S/C11H16O3/c1-12-8-10-6-7-13-11(14-10)9-4-2-3-5-9/h2-4,10-11H,5-8H2,1H3/t10-,11?/m0/s1. The Kier molecular flexibility index (Phi) is 3.35. The van der Waals surface area contributed by atoms with Crippen LogP contribution in [0.3, 0.4) is 0 Å². The van der Waals surface area contributed by atoms with E-state index in [-0.39, 0.29) is 12.4 Å². The maximum atomic E-state index is 5.76. The average Bonchev–Trinajstić information content (AvgIpc) is 2.71. The molecule has 2 rings (SSSR count). The van der Waals surface area contributed by atoms with E-state index in [1.807, 2.05) is 6.08 Å². The van der Waals surface area contributed by atoms with Gasteiger partial charge in [-0.2, -0.15) is 0 Å². The third kappa shape index (κ3) is 2.23. The molecule has 3 nitrogen and oxygen atoms in total. The average molecular weight is 196 g/mol. The van der Waals surface area contributed by atoms with Crippen molar-refractivity contribution >= 4 is 0 Å². The van der Waals surface area contributed by atoms with Crippen molar-refractivity contribution in [3.05, 3.63) is 23.8 Å². The first kappa shape index (κ1) is 9.90. The van der Waals surface area contributed by atoms with E-state index < -0.39 is 0 Å². The second kappa shape index (κ2) is 4.73. The Balaban J connectivity index is 1.87. The largest absolute Gasteiger partial charge is 0.382 e. The molecule has 14 heavy (non-hydrogen) atoms. The third-order valence-corrected chi connectivity index (χ3v) is 2.48. The molecule has 0 aromatic heterocycles. The van der Waals surface area contributed by atoms with Gasteiger partial charge in [-0.15, -0.1) is 0 Å². The molecule has 1 saturated heterocycles. The summed E-state index contributed by atoms with van der Waals surface area (Å²) >= 11 is 0. The van der Waals surface area contributed by atoms with E-state index in [0.717, 1.165) is 19.4 Å². The topological polar surface area (TPSA) is 27.7 Å². The first-order chi connectivity index (χ1) is 6.90. The maximum absolute atomic E-state index is 5.76. The molecule has 0 bridgehead atoms. The molecule has 1 aliphatic carbocycles. The van der Waals surface area contributed by atoms with Crippen molar-refractivity contribution < 1.29 is 14.2 Å². The molecule has 0 aromatic rings. The molecule has 0 saturated carbocycles. The molecule has 78 valence electrons. The van der Waals surface area contributed by atoms with Gasteiger partial charge in [0.1, 0.15) is 0 Å². The van der Waals surface area contributed by atoms with Crippen LogP contribution in [0.25, 0.3) is 0 Å². The highest BCUT2D eigenvalue weighted by molar-refractivity contribution is 5.24. The van der Waals surface area contributed by atoms with Crippen LogP contribution in [0, 0.1) is 0 Å². The van der Waals surface area contributed by atoms with Crippen LogP contribution in [-0.4, -0.2) is 32.7 Å². The first-order valence-electron chi connectivity index (χ1n) is 5.02. The number of hydrogen-bond acceptors (Lipinski definition) is 3. The van der Waals surface area contributed by atoms with E-state index in [1.54, 1.807) is 7.11 Å². The zero-order valence-electron chi connectivity index (χ0n) is 8.44. The molecular weight excluding hydrogens is 180 g/mol. The van der Waals surface area contributed by atoms with Crippen LogP contribution in [-0.2, 0) is 14.2 Å². The first-order valence-corrected chi connectivity index (χ1v) is 5.02. The number of methoxy groups -OCH3 is 1. The van der Waals surface area contributed by atoms with Crippen molar-refractivity contribution in [2.24, 2.45) is 0 Å². The lowest BCUT2D eigenvalue weighted by Crippen LogP contribution is -2.35. The summed E-state index contributed by atoms with van der Waals surface area (Å²) in [6.45, 7) is 1.41. The molecule has 0 radical (unpaired) electrons. The fourth-order valence-corrected chi connectivity index (χ4v) is 1.73. The van der Waals surface area contributed by atoms with E-state index >= 15 is 0 Å². The van der Waals surface area contributed by atoms with Gasteiger partial charge in [-0.3, -0.25) is 0 Å². The van der Waals surface area contributed by atoms with Crippen LogP contribution in [0.2, 0.25) is 0 Å². The fraction of sp³-hybridized carbons (Fsp3) is 0.636. The smallest absolute Gasteiger partial charge is 0.180 e. The minimum Gasteiger partial charge on any atom is -0.382 e. The van der Waals surface area contributed by atoms with Crippen molar-refractivity contribution in [2.45, 2.75) is 25.2 Å². The summed E-state index contributed by atoms with van der Waals surface area (Å²) in [5.74, 6) is 0. The molecule has 3 heteroatoms. The SMILES string of the molecule is COC[C@@H]1CCOC(C2=CC=CC2)O1. The fourth-order valence-electron chi connectivity index (χ4n) is 1.73. The normalized spacial score (nSPS) is 31.9. The van der Waals surface area contributed by atoms with Gasteiger partial charge in [0.15, 0.2) is 6.29 Å². The minimum atomic E-state index is -0.154. The van der Waals surface area contributed by atoms with Gasteiger partial charge in [0.25, 0.3) is 0 Å². The van der Waals surface area contributed by atoms with Gasteiger partial charge >= 0.3 is 0 Å². The Bertz CT molecular complexity index is 243. The van der Waals surface area contributed by atoms with Crippen LogP contribution in [0.5, 0.6) is 0 Å². The predicted octanol–water partition coefficient (Wildman–Crippen LogP) is 1.65. The number of allylic oxidation sites excluding steroid dienone is 3. The second-order valence-electron chi connectivity index (χ2n) is 3.58. The Morgan fingerprint density at radius 2 is 2.50 bits per heavy atom. The molecule has 1 fully saturated rings. The summed E-state index contributed by atoms with van der Waals surface area (Å²) in [5.41, 5.74) is 1.21. The lowest BCUT2D eigenvalue weighted by molar-refractivity contribution is -0.202. The molecule has 0 spiro atoms. The Morgan fingerprint density at radius 3 is 3.21 bits per heavy atom. The Hall–Kier alpha value is -0.640. The summed E-state index contributed by atoms with van der Waals surface area (Å²) in [4.78, 5) is 0. The highest BCUT2D eigenvalue weighted by Crippen LogP contribution is 2.23. The lowest BCUT2D eigenvalue weighted by atomic mass is 10.2. The van der Waals surface area contributed by atoms with E-state index in [4.69, 9.17) is 14.2 Å². The summed E-state index contributed by atoms with van der Waals surface area (Å²) in [5, 5.41) is 0. The summed E-state index contributed by atoms with van der Waals surface area (Å²) < 4.78 is 16.4. The van der Waals surface area contributed by atoms with Crippen LogP contribution in [0.1, 0.15) is 12.8 Å². The van der Waals surface area contributed by atoms with Crippen molar-refractivity contribution in [3.8, 4) is 0 Å². The van der Waals surface area contributed by atoms with Gasteiger partial charge in [0, 0.05) is 7.11 Å². The van der Waals surface area contributed by atoms with E-state index in [1.165, 1.54) is 5.57 Å². The van der Waals surface area contributed by atoms with Gasteiger partial charge in [0.2, 0.25) is 0 Å². The third-order valence-electron chi connectivity index (χ3n) is 2.48. The van der Waals surface area contributed by atoms with Crippen LogP contribution in [0.15, 0.2) is 23.8 Å². The molecule has 2 atom stereocenters. The van der Waals surface area contributed by atoms with E-state index in [9.17, 15) is 0 Å². The quantitative estimate of drug-likeness (QED) is 0.687. The van der Waals surface area contributed by atoms with E-state index in [0.29, 0.717) is 6.61 Å². The van der Waals surface area contributed by atoms with Crippen LogP contribution >= 0.6 is 0 Å². The lowest BCUT2D eigenvalue weighted by Gasteiger charge is -2.30. The molecule has 1 unspecified atom stereocenters. The van der Waals surface area contributed by atoms with Crippen LogP contribution in [0.4, 0.5) is 0 Å². The van der Waals surface area contributed by atoms with Crippen LogP contribution < -0.4 is 0 Å². The highest BCUT2D eigenvalue weighted by atomic mass is 16.7. The zero-order valence-corrected chi connectivity index (χ0v) is 8.44. The van der Waals surface area contributed by atoms with Crippen molar-refractivity contribution in [1.82, 2.24) is 0 Å². The number of hydrogen-bond donors (Lipinski definition) is 0. The molecule has 1 heterocycles. The monoisotopic (exact) mass is 196 g/mol. The van der Waals surface area contributed by atoms with E-state index in [2.05, 4.69) is 12.2 Å². The van der Waals surface area contributed by atoms with Crippen molar-refractivity contribution in [3.63, 3.8) is 0 Å². The van der Waals surface area contributed by atoms with Gasteiger partial charge in [0.05, 0.1) is 19.3 Å². The van der Waals surface area contributed by atoms with Gasteiger partial charge in [-0.05, 0) is 18.4 Å².